The average Bonchev–Trinajstić information content (AvgIpc) is 2.99. The van der Waals surface area contributed by atoms with E-state index in [1.807, 2.05) is 12.1 Å². The van der Waals surface area contributed by atoms with Gasteiger partial charge in [-0.1, -0.05) is 12.1 Å². The third-order valence-corrected chi connectivity index (χ3v) is 4.76. The van der Waals surface area contributed by atoms with E-state index in [1.165, 1.54) is 7.11 Å². The van der Waals surface area contributed by atoms with Crippen LogP contribution in [0.3, 0.4) is 0 Å². The highest BCUT2D eigenvalue weighted by molar-refractivity contribution is 5.90. The van der Waals surface area contributed by atoms with E-state index in [1.54, 1.807) is 17.0 Å². The van der Waals surface area contributed by atoms with Gasteiger partial charge in [-0.2, -0.15) is 5.26 Å². The molecule has 2 fully saturated rings. The summed E-state index contributed by atoms with van der Waals surface area (Å²) in [6.45, 7) is 0. The summed E-state index contributed by atoms with van der Waals surface area (Å²) in [4.78, 5) is 26.5. The summed E-state index contributed by atoms with van der Waals surface area (Å²) in [5, 5.41) is 8.86. The van der Waals surface area contributed by atoms with E-state index in [4.69, 9.17) is 10.00 Å². The number of rotatable bonds is 2. The van der Waals surface area contributed by atoms with Crippen LogP contribution in [0.4, 0.5) is 0 Å². The van der Waals surface area contributed by atoms with Gasteiger partial charge >= 0.3 is 5.97 Å². The molecule has 0 unspecified atom stereocenters. The molecule has 2 aliphatic heterocycles. The van der Waals surface area contributed by atoms with E-state index < -0.39 is 6.04 Å². The first-order valence-corrected chi connectivity index (χ1v) is 7.55. The van der Waals surface area contributed by atoms with Gasteiger partial charge < -0.3 is 9.64 Å². The molecule has 1 amide bonds. The van der Waals surface area contributed by atoms with Crippen LogP contribution in [0.2, 0.25) is 0 Å². The second-order valence-corrected chi connectivity index (χ2v) is 5.88. The molecule has 1 aromatic carbocycles. The van der Waals surface area contributed by atoms with Gasteiger partial charge in [-0.3, -0.25) is 4.79 Å². The normalized spacial score (nSPS) is 27.2. The van der Waals surface area contributed by atoms with Crippen LogP contribution in [0, 0.1) is 11.3 Å². The number of carbonyl (C=O) groups excluding carboxylic acids is 2. The number of hydrogen-bond donors (Lipinski definition) is 0. The Morgan fingerprint density at radius 2 is 1.91 bits per heavy atom. The predicted octanol–water partition coefficient (Wildman–Crippen LogP) is 1.97. The molecule has 0 N–H and O–H groups in total. The van der Waals surface area contributed by atoms with Crippen molar-refractivity contribution in [3.63, 3.8) is 0 Å². The second kappa shape index (κ2) is 5.80. The third kappa shape index (κ3) is 2.35. The number of ether oxygens (including phenoxy) is 1. The van der Waals surface area contributed by atoms with Gasteiger partial charge in [-0.15, -0.1) is 0 Å². The van der Waals surface area contributed by atoms with E-state index in [0.717, 1.165) is 24.8 Å². The molecule has 0 saturated carbocycles. The maximum atomic E-state index is 12.8. The Bertz CT molecular complexity index is 632. The van der Waals surface area contributed by atoms with Gasteiger partial charge in [0.05, 0.1) is 24.7 Å². The van der Waals surface area contributed by atoms with E-state index in [2.05, 4.69) is 6.07 Å². The topological polar surface area (TPSA) is 70.4 Å². The average molecular weight is 298 g/mol. The van der Waals surface area contributed by atoms with Gasteiger partial charge in [-0.25, -0.2) is 4.79 Å². The van der Waals surface area contributed by atoms with Crippen molar-refractivity contribution in [2.75, 3.05) is 7.11 Å². The predicted molar refractivity (Wildman–Crippen MR) is 78.8 cm³/mol. The molecule has 5 nitrogen and oxygen atoms in total. The molecule has 0 aromatic heterocycles. The van der Waals surface area contributed by atoms with Crippen molar-refractivity contribution >= 4 is 11.9 Å². The Hall–Kier alpha value is -2.35. The molecule has 2 saturated heterocycles. The number of nitriles is 1. The van der Waals surface area contributed by atoms with Crippen LogP contribution in [-0.4, -0.2) is 36.0 Å². The summed E-state index contributed by atoms with van der Waals surface area (Å²) in [5.74, 6) is -0.542. The summed E-state index contributed by atoms with van der Waals surface area (Å²) >= 11 is 0. The summed E-state index contributed by atoms with van der Waals surface area (Å²) in [6.07, 6.45) is 3.25. The number of fused-ring (bicyclic) bond motifs is 1. The number of nitrogens with zero attached hydrogens (tertiary/aromatic N) is 2. The first-order chi connectivity index (χ1) is 10.7. The lowest BCUT2D eigenvalue weighted by Gasteiger charge is -2.37. The number of hydrogen-bond acceptors (Lipinski definition) is 4. The molecule has 0 spiro atoms. The third-order valence-electron chi connectivity index (χ3n) is 4.76. The Labute approximate surface area is 129 Å². The SMILES string of the molecule is COC(=O)[C@@H]1CC[C@@H]2CC[C@H](c3ccc(C#N)cc3)C(=O)N21. The minimum atomic E-state index is -0.441. The van der Waals surface area contributed by atoms with Gasteiger partial charge in [0.2, 0.25) is 5.91 Å². The molecule has 0 bridgehead atoms. The fraction of sp³-hybridized carbons (Fsp3) is 0.471. The quantitative estimate of drug-likeness (QED) is 0.783. The molecule has 3 rings (SSSR count). The minimum absolute atomic E-state index is 0.00820. The van der Waals surface area contributed by atoms with Gasteiger partial charge in [-0.05, 0) is 43.4 Å². The van der Waals surface area contributed by atoms with Crippen LogP contribution < -0.4 is 0 Å². The maximum Gasteiger partial charge on any atom is 0.328 e. The lowest BCUT2D eigenvalue weighted by Crippen LogP contribution is -2.50. The molecule has 2 heterocycles. The molecule has 5 heteroatoms. The van der Waals surface area contributed by atoms with Crippen molar-refractivity contribution < 1.29 is 14.3 Å². The van der Waals surface area contributed by atoms with E-state index >= 15 is 0 Å². The number of carbonyl (C=O) groups is 2. The van der Waals surface area contributed by atoms with Crippen LogP contribution in [0.25, 0.3) is 0 Å². The molecule has 22 heavy (non-hydrogen) atoms. The molecule has 114 valence electrons. The van der Waals surface area contributed by atoms with E-state index in [9.17, 15) is 9.59 Å². The van der Waals surface area contributed by atoms with Crippen LogP contribution >= 0.6 is 0 Å². The summed E-state index contributed by atoms with van der Waals surface area (Å²) in [5.41, 5.74) is 1.50. The fourth-order valence-corrected chi connectivity index (χ4v) is 3.63. The fourth-order valence-electron chi connectivity index (χ4n) is 3.63. The van der Waals surface area contributed by atoms with Crippen molar-refractivity contribution in [1.29, 1.82) is 5.26 Å². The van der Waals surface area contributed by atoms with Crippen molar-refractivity contribution in [1.82, 2.24) is 4.90 Å². The van der Waals surface area contributed by atoms with E-state index in [0.29, 0.717) is 12.0 Å². The Balaban J connectivity index is 1.84. The Morgan fingerprint density at radius 1 is 1.23 bits per heavy atom. The van der Waals surface area contributed by atoms with Gasteiger partial charge in [0.15, 0.2) is 0 Å². The number of methoxy groups -OCH3 is 1. The Morgan fingerprint density at radius 3 is 2.55 bits per heavy atom. The molecule has 1 aromatic rings. The molecule has 0 radical (unpaired) electrons. The highest BCUT2D eigenvalue weighted by atomic mass is 16.5. The van der Waals surface area contributed by atoms with Crippen molar-refractivity contribution in [2.24, 2.45) is 0 Å². The van der Waals surface area contributed by atoms with Crippen LogP contribution in [-0.2, 0) is 14.3 Å². The zero-order chi connectivity index (χ0) is 15.7. The summed E-state index contributed by atoms with van der Waals surface area (Å²) in [6, 6.07) is 8.94. The lowest BCUT2D eigenvalue weighted by atomic mass is 9.86. The molecular weight excluding hydrogens is 280 g/mol. The van der Waals surface area contributed by atoms with Crippen molar-refractivity contribution in [3.05, 3.63) is 35.4 Å². The van der Waals surface area contributed by atoms with Crippen LogP contribution in [0.5, 0.6) is 0 Å². The standard InChI is InChI=1S/C17H18N2O3/c1-22-17(21)15-9-7-13-6-8-14(16(20)19(13)15)12-4-2-11(10-18)3-5-12/h2-5,13-15H,6-9H2,1H3/t13-,14+,15-/m0/s1. The summed E-state index contributed by atoms with van der Waals surface area (Å²) in [7, 11) is 1.36. The number of amides is 1. The van der Waals surface area contributed by atoms with Gasteiger partial charge in [0, 0.05) is 6.04 Å². The monoisotopic (exact) mass is 298 g/mol. The summed E-state index contributed by atoms with van der Waals surface area (Å²) < 4.78 is 4.83. The van der Waals surface area contributed by atoms with Crippen molar-refractivity contribution in [2.45, 2.75) is 43.7 Å². The lowest BCUT2D eigenvalue weighted by molar-refractivity contribution is -0.154. The molecule has 2 aliphatic rings. The van der Waals surface area contributed by atoms with Crippen molar-refractivity contribution in [3.8, 4) is 6.07 Å². The van der Waals surface area contributed by atoms with Gasteiger partial charge in [0.25, 0.3) is 0 Å². The van der Waals surface area contributed by atoms with Gasteiger partial charge in [0.1, 0.15) is 6.04 Å². The largest absolute Gasteiger partial charge is 0.467 e. The maximum absolute atomic E-state index is 12.8. The van der Waals surface area contributed by atoms with Crippen LogP contribution in [0.15, 0.2) is 24.3 Å². The second-order valence-electron chi connectivity index (χ2n) is 5.88. The number of benzene rings is 1. The smallest absolute Gasteiger partial charge is 0.328 e. The highest BCUT2D eigenvalue weighted by Crippen LogP contribution is 2.39. The molecule has 0 aliphatic carbocycles. The molecular formula is C17H18N2O3. The number of piperidine rings is 1. The highest BCUT2D eigenvalue weighted by Gasteiger charge is 2.46. The minimum Gasteiger partial charge on any atom is -0.467 e. The first-order valence-electron chi connectivity index (χ1n) is 7.55. The number of esters is 1. The zero-order valence-electron chi connectivity index (χ0n) is 12.5. The Kier molecular flexibility index (Phi) is 3.84. The molecule has 3 atom stereocenters. The van der Waals surface area contributed by atoms with E-state index in [-0.39, 0.29) is 23.8 Å². The first kappa shape index (κ1) is 14.6. The zero-order valence-corrected chi connectivity index (χ0v) is 12.5. The van der Waals surface area contributed by atoms with Crippen LogP contribution in [0.1, 0.15) is 42.7 Å².